The Labute approximate surface area is 217 Å². The molecule has 192 valence electrons. The van der Waals surface area contributed by atoms with Gasteiger partial charge >= 0.3 is 0 Å². The fraction of sp³-hybridized carbons (Fsp3) is 0.179. The Morgan fingerprint density at radius 1 is 1.11 bits per heavy atom. The van der Waals surface area contributed by atoms with Gasteiger partial charge in [0.1, 0.15) is 11.8 Å². The molecule has 0 aliphatic carbocycles. The van der Waals surface area contributed by atoms with Gasteiger partial charge in [0.05, 0.1) is 24.1 Å². The second-order valence-electron chi connectivity index (χ2n) is 8.90. The molecule has 1 N–H and O–H groups in total. The van der Waals surface area contributed by atoms with E-state index in [0.717, 1.165) is 21.4 Å². The van der Waals surface area contributed by atoms with Crippen LogP contribution >= 0.6 is 0 Å². The summed E-state index contributed by atoms with van der Waals surface area (Å²) in [6, 6.07) is 18.6. The normalized spacial score (nSPS) is 15.2. The molecular formula is C28H24N4O6. The summed E-state index contributed by atoms with van der Waals surface area (Å²) in [5.41, 5.74) is 2.10. The largest absolute Gasteiger partial charge is 0.497 e. The van der Waals surface area contributed by atoms with Crippen molar-refractivity contribution in [3.8, 4) is 5.75 Å². The Balaban J connectivity index is 1.47. The highest BCUT2D eigenvalue weighted by atomic mass is 16.6. The number of para-hydroxylation sites is 1. The lowest BCUT2D eigenvalue weighted by Gasteiger charge is -2.28. The first kappa shape index (κ1) is 24.7. The summed E-state index contributed by atoms with van der Waals surface area (Å²) in [4.78, 5) is 56.6. The van der Waals surface area contributed by atoms with Crippen molar-refractivity contribution in [2.24, 2.45) is 0 Å². The maximum Gasteiger partial charge on any atom is 0.270 e. The van der Waals surface area contributed by atoms with Crippen LogP contribution in [-0.2, 0) is 16.0 Å². The summed E-state index contributed by atoms with van der Waals surface area (Å²) in [5, 5.41) is 12.3. The zero-order valence-corrected chi connectivity index (χ0v) is 20.5. The van der Waals surface area contributed by atoms with E-state index in [-0.39, 0.29) is 24.2 Å². The molecule has 3 aromatic carbocycles. The molecule has 10 heteroatoms. The summed E-state index contributed by atoms with van der Waals surface area (Å²) in [7, 11) is 1.52. The van der Waals surface area contributed by atoms with Crippen LogP contribution in [0.5, 0.6) is 5.75 Å². The van der Waals surface area contributed by atoms with E-state index in [9.17, 15) is 24.5 Å². The average Bonchev–Trinajstić information content (AvgIpc) is 3.48. The fourth-order valence-electron chi connectivity index (χ4n) is 4.76. The molecule has 1 fully saturated rings. The van der Waals surface area contributed by atoms with Crippen molar-refractivity contribution < 1.29 is 24.0 Å². The van der Waals surface area contributed by atoms with Crippen molar-refractivity contribution in [3.05, 3.63) is 100 Å². The monoisotopic (exact) mass is 512 g/mol. The molecule has 1 aromatic heterocycles. The minimum atomic E-state index is -1.05. The van der Waals surface area contributed by atoms with E-state index in [4.69, 9.17) is 4.74 Å². The number of aromatic nitrogens is 1. The Morgan fingerprint density at radius 2 is 1.87 bits per heavy atom. The third-order valence-electron chi connectivity index (χ3n) is 6.69. The molecule has 1 saturated heterocycles. The van der Waals surface area contributed by atoms with E-state index >= 15 is 0 Å². The van der Waals surface area contributed by atoms with Crippen molar-refractivity contribution in [1.82, 2.24) is 9.88 Å². The lowest BCUT2D eigenvalue weighted by molar-refractivity contribution is -0.384. The molecule has 4 aromatic rings. The lowest BCUT2D eigenvalue weighted by atomic mass is 10.1. The lowest BCUT2D eigenvalue weighted by Crippen LogP contribution is -2.46. The van der Waals surface area contributed by atoms with E-state index in [1.165, 1.54) is 36.3 Å². The van der Waals surface area contributed by atoms with Gasteiger partial charge in [-0.05, 0) is 48.4 Å². The highest BCUT2D eigenvalue weighted by Crippen LogP contribution is 2.29. The third kappa shape index (κ3) is 4.59. The van der Waals surface area contributed by atoms with Gasteiger partial charge in [-0.15, -0.1) is 0 Å². The van der Waals surface area contributed by atoms with Crippen LogP contribution in [0, 0.1) is 10.1 Å². The quantitative estimate of drug-likeness (QED) is 0.215. The number of ether oxygens (including phenoxy) is 1. The number of nitrogens with zero attached hydrogens (tertiary/aromatic N) is 3. The number of nitro groups is 1. The van der Waals surface area contributed by atoms with Crippen LogP contribution in [0.1, 0.15) is 22.3 Å². The number of nitro benzene ring substituents is 1. The molecule has 0 radical (unpaired) electrons. The Kier molecular flexibility index (Phi) is 6.61. The topological polar surface area (TPSA) is 126 Å². The zero-order valence-electron chi connectivity index (χ0n) is 20.5. The summed E-state index contributed by atoms with van der Waals surface area (Å²) < 4.78 is 5.16. The van der Waals surface area contributed by atoms with Crippen LogP contribution < -0.4 is 9.64 Å². The standard InChI is InChI=1S/C28H24N4O6/c1-38-22-11-9-20(10-12-22)31-26(33)16-25(28(31)35)30(27(34)18-5-4-6-21(15-18)32(36)37)14-13-19-17-29-24-8-3-2-7-23(19)24/h2-12,15,17,25,29H,13-14,16H2,1H3. The van der Waals surface area contributed by atoms with Gasteiger partial charge in [-0.25, -0.2) is 4.90 Å². The number of anilines is 1. The van der Waals surface area contributed by atoms with Gasteiger partial charge in [-0.1, -0.05) is 24.3 Å². The van der Waals surface area contributed by atoms with Gasteiger partial charge in [0.25, 0.3) is 17.5 Å². The number of non-ortho nitro benzene ring substituents is 1. The molecule has 1 aliphatic heterocycles. The Morgan fingerprint density at radius 3 is 2.61 bits per heavy atom. The van der Waals surface area contributed by atoms with Crippen LogP contribution in [0.2, 0.25) is 0 Å². The van der Waals surface area contributed by atoms with Gasteiger partial charge in [0.2, 0.25) is 5.91 Å². The Bertz CT molecular complexity index is 1540. The molecule has 5 rings (SSSR count). The minimum Gasteiger partial charge on any atom is -0.497 e. The van der Waals surface area contributed by atoms with Crippen molar-refractivity contribution in [2.45, 2.75) is 18.9 Å². The van der Waals surface area contributed by atoms with Crippen molar-refractivity contribution in [1.29, 1.82) is 0 Å². The number of hydrogen-bond acceptors (Lipinski definition) is 6. The number of rotatable bonds is 8. The number of H-pyrrole nitrogens is 1. The van der Waals surface area contributed by atoms with Crippen LogP contribution in [-0.4, -0.2) is 52.2 Å². The molecule has 1 aliphatic rings. The number of benzene rings is 3. The molecular weight excluding hydrogens is 488 g/mol. The molecule has 38 heavy (non-hydrogen) atoms. The number of methoxy groups -OCH3 is 1. The molecule has 1 unspecified atom stereocenters. The van der Waals surface area contributed by atoms with Crippen molar-refractivity contribution in [3.63, 3.8) is 0 Å². The van der Waals surface area contributed by atoms with Gasteiger partial charge in [0, 0.05) is 41.3 Å². The van der Waals surface area contributed by atoms with E-state index in [0.29, 0.717) is 17.9 Å². The summed E-state index contributed by atoms with van der Waals surface area (Å²) in [5.74, 6) is -0.950. The second-order valence-corrected chi connectivity index (χ2v) is 8.90. The molecule has 1 atom stereocenters. The smallest absolute Gasteiger partial charge is 0.270 e. The van der Waals surface area contributed by atoms with E-state index < -0.39 is 28.7 Å². The maximum atomic E-state index is 13.7. The van der Waals surface area contributed by atoms with Crippen LogP contribution in [0.3, 0.4) is 0 Å². The van der Waals surface area contributed by atoms with Crippen LogP contribution in [0.25, 0.3) is 10.9 Å². The summed E-state index contributed by atoms with van der Waals surface area (Å²) in [6.07, 6.45) is 2.07. The summed E-state index contributed by atoms with van der Waals surface area (Å²) >= 11 is 0. The average molecular weight is 513 g/mol. The number of nitrogens with one attached hydrogen (secondary N) is 1. The number of aromatic amines is 1. The van der Waals surface area contributed by atoms with Gasteiger partial charge in [-0.2, -0.15) is 0 Å². The first-order valence-corrected chi connectivity index (χ1v) is 12.0. The number of carbonyl (C=O) groups excluding carboxylic acids is 3. The predicted octanol–water partition coefficient (Wildman–Crippen LogP) is 4.10. The molecule has 0 bridgehead atoms. The van der Waals surface area contributed by atoms with Crippen LogP contribution in [0.4, 0.5) is 11.4 Å². The first-order valence-electron chi connectivity index (χ1n) is 12.0. The fourth-order valence-corrected chi connectivity index (χ4v) is 4.76. The van der Waals surface area contributed by atoms with Crippen molar-refractivity contribution >= 4 is 40.0 Å². The van der Waals surface area contributed by atoms with Crippen molar-refractivity contribution in [2.75, 3.05) is 18.6 Å². The predicted molar refractivity (Wildman–Crippen MR) is 140 cm³/mol. The van der Waals surface area contributed by atoms with Gasteiger partial charge in [-0.3, -0.25) is 24.5 Å². The molecule has 0 spiro atoms. The summed E-state index contributed by atoms with van der Waals surface area (Å²) in [6.45, 7) is 0.128. The van der Waals surface area contributed by atoms with Crippen LogP contribution in [0.15, 0.2) is 79.0 Å². The number of carbonyl (C=O) groups is 3. The van der Waals surface area contributed by atoms with E-state index in [2.05, 4.69) is 4.98 Å². The first-order chi connectivity index (χ1) is 18.4. The van der Waals surface area contributed by atoms with Gasteiger partial charge < -0.3 is 14.6 Å². The SMILES string of the molecule is COc1ccc(N2C(=O)CC(N(CCc3c[nH]c4ccccc34)C(=O)c3cccc([N+](=O)[O-])c3)C2=O)cc1. The zero-order chi connectivity index (χ0) is 26.8. The molecule has 3 amide bonds. The molecule has 2 heterocycles. The number of amides is 3. The number of hydrogen-bond donors (Lipinski definition) is 1. The maximum absolute atomic E-state index is 13.7. The van der Waals surface area contributed by atoms with Gasteiger partial charge in [0.15, 0.2) is 0 Å². The molecule has 10 nitrogen and oxygen atoms in total. The Hall–Kier alpha value is -4.99. The number of imide groups is 1. The molecule has 0 saturated carbocycles. The highest BCUT2D eigenvalue weighted by Gasteiger charge is 2.44. The highest BCUT2D eigenvalue weighted by molar-refractivity contribution is 6.23. The number of fused-ring (bicyclic) bond motifs is 1. The third-order valence-corrected chi connectivity index (χ3v) is 6.69. The minimum absolute atomic E-state index is 0.0706. The van der Waals surface area contributed by atoms with E-state index in [1.54, 1.807) is 24.3 Å². The van der Waals surface area contributed by atoms with E-state index in [1.807, 2.05) is 30.5 Å². The second kappa shape index (κ2) is 10.2.